The summed E-state index contributed by atoms with van der Waals surface area (Å²) >= 11 is 0. The molecule has 2 heterocycles. The zero-order valence-corrected chi connectivity index (χ0v) is 7.14. The van der Waals surface area contributed by atoms with E-state index in [0.29, 0.717) is 26.0 Å². The zero-order chi connectivity index (χ0) is 9.10. The van der Waals surface area contributed by atoms with Gasteiger partial charge in [0.25, 0.3) is 0 Å². The number of nitrogens with two attached hydrogens (primary N) is 1. The number of anilines is 1. The molecule has 0 bridgehead atoms. The number of nitrogen functional groups attached to an aromatic ring is 1. The predicted octanol–water partition coefficient (Wildman–Crippen LogP) is 0.147. The lowest BCUT2D eigenvalue weighted by atomic mass is 10.1. The second-order valence-corrected chi connectivity index (χ2v) is 2.90. The summed E-state index contributed by atoms with van der Waals surface area (Å²) in [5, 5.41) is 0. The fourth-order valence-electron chi connectivity index (χ4n) is 1.27. The highest BCUT2D eigenvalue weighted by molar-refractivity contribution is 5.19. The van der Waals surface area contributed by atoms with Gasteiger partial charge in [-0.15, -0.1) is 0 Å². The maximum Gasteiger partial charge on any atom is 0.220 e. The van der Waals surface area contributed by atoms with Gasteiger partial charge >= 0.3 is 0 Å². The summed E-state index contributed by atoms with van der Waals surface area (Å²) in [7, 11) is 0. The number of aromatic nitrogens is 2. The Kier molecular flexibility index (Phi) is 2.37. The Bertz CT molecular complexity index is 286. The van der Waals surface area contributed by atoms with Crippen molar-refractivity contribution >= 4 is 5.95 Å². The van der Waals surface area contributed by atoms with Crippen molar-refractivity contribution in [2.45, 2.75) is 5.92 Å². The lowest BCUT2D eigenvalue weighted by Crippen LogP contribution is -2.23. The van der Waals surface area contributed by atoms with Gasteiger partial charge in [0.15, 0.2) is 0 Å². The van der Waals surface area contributed by atoms with Gasteiger partial charge in [0.1, 0.15) is 6.79 Å². The summed E-state index contributed by atoms with van der Waals surface area (Å²) in [5.74, 6) is 0.474. The molecule has 70 valence electrons. The van der Waals surface area contributed by atoms with Crippen molar-refractivity contribution in [2.75, 3.05) is 25.7 Å². The lowest BCUT2D eigenvalue weighted by Gasteiger charge is -2.21. The lowest BCUT2D eigenvalue weighted by molar-refractivity contribution is -0.108. The van der Waals surface area contributed by atoms with Gasteiger partial charge in [0.05, 0.1) is 18.9 Å². The van der Waals surface area contributed by atoms with Crippen molar-refractivity contribution in [3.63, 3.8) is 0 Å². The Morgan fingerprint density at radius 1 is 1.38 bits per heavy atom. The van der Waals surface area contributed by atoms with Crippen LogP contribution >= 0.6 is 0 Å². The van der Waals surface area contributed by atoms with Crippen LogP contribution in [0.4, 0.5) is 5.95 Å². The summed E-state index contributed by atoms with van der Waals surface area (Å²) in [6.45, 7) is 1.64. The van der Waals surface area contributed by atoms with Gasteiger partial charge in [-0.3, -0.25) is 0 Å². The summed E-state index contributed by atoms with van der Waals surface area (Å²) in [6.07, 6.45) is 1.65. The minimum atomic E-state index is 0.180. The molecule has 5 heteroatoms. The molecule has 0 unspecified atom stereocenters. The standard InChI is InChI=1S/C8H11N3O2/c9-8-10-2-1-7(11-8)6-3-12-5-13-4-6/h1-2,6H,3-5H2,(H2,9,10,11). The van der Waals surface area contributed by atoms with E-state index in [-0.39, 0.29) is 5.92 Å². The van der Waals surface area contributed by atoms with Crippen LogP contribution in [0, 0.1) is 0 Å². The Balaban J connectivity index is 2.14. The van der Waals surface area contributed by atoms with E-state index in [4.69, 9.17) is 15.2 Å². The van der Waals surface area contributed by atoms with Crippen LogP contribution in [0.1, 0.15) is 11.6 Å². The van der Waals surface area contributed by atoms with E-state index in [2.05, 4.69) is 9.97 Å². The van der Waals surface area contributed by atoms with Crippen molar-refractivity contribution in [3.8, 4) is 0 Å². The molecule has 1 saturated heterocycles. The first-order valence-corrected chi connectivity index (χ1v) is 4.10. The molecule has 2 N–H and O–H groups in total. The summed E-state index contributed by atoms with van der Waals surface area (Å²) in [5.41, 5.74) is 6.34. The van der Waals surface area contributed by atoms with Crippen LogP contribution < -0.4 is 5.73 Å². The number of hydrogen-bond acceptors (Lipinski definition) is 5. The van der Waals surface area contributed by atoms with Crippen LogP contribution in [0.3, 0.4) is 0 Å². The molecule has 0 saturated carbocycles. The van der Waals surface area contributed by atoms with Gasteiger partial charge in [-0.05, 0) is 6.07 Å². The Morgan fingerprint density at radius 3 is 2.85 bits per heavy atom. The van der Waals surface area contributed by atoms with Crippen molar-refractivity contribution in [2.24, 2.45) is 0 Å². The maximum absolute atomic E-state index is 5.46. The molecule has 13 heavy (non-hydrogen) atoms. The molecule has 1 fully saturated rings. The van der Waals surface area contributed by atoms with Gasteiger partial charge in [0.2, 0.25) is 5.95 Å². The summed E-state index contributed by atoms with van der Waals surface area (Å²) in [4.78, 5) is 7.92. The topological polar surface area (TPSA) is 70.3 Å². The molecule has 0 atom stereocenters. The smallest absolute Gasteiger partial charge is 0.220 e. The molecule has 0 aromatic carbocycles. The van der Waals surface area contributed by atoms with E-state index in [9.17, 15) is 0 Å². The zero-order valence-electron chi connectivity index (χ0n) is 7.14. The third-order valence-electron chi connectivity index (χ3n) is 1.92. The fourth-order valence-corrected chi connectivity index (χ4v) is 1.27. The number of ether oxygens (including phenoxy) is 2. The second-order valence-electron chi connectivity index (χ2n) is 2.90. The molecule has 1 aromatic rings. The number of rotatable bonds is 1. The highest BCUT2D eigenvalue weighted by Gasteiger charge is 2.17. The third kappa shape index (κ3) is 1.93. The van der Waals surface area contributed by atoms with Crippen LogP contribution in [0.15, 0.2) is 12.3 Å². The van der Waals surface area contributed by atoms with Crippen LogP contribution in [-0.2, 0) is 9.47 Å². The molecule has 0 amide bonds. The van der Waals surface area contributed by atoms with Gasteiger partial charge in [-0.25, -0.2) is 9.97 Å². The second kappa shape index (κ2) is 3.68. The maximum atomic E-state index is 5.46. The highest BCUT2D eigenvalue weighted by Crippen LogP contribution is 2.17. The highest BCUT2D eigenvalue weighted by atomic mass is 16.7. The number of hydrogen-bond donors (Lipinski definition) is 1. The largest absolute Gasteiger partial charge is 0.368 e. The quantitative estimate of drug-likeness (QED) is 0.667. The molecule has 2 rings (SSSR count). The van der Waals surface area contributed by atoms with E-state index in [0.717, 1.165) is 5.69 Å². The Morgan fingerprint density at radius 2 is 2.15 bits per heavy atom. The van der Waals surface area contributed by atoms with Crippen LogP contribution in [0.2, 0.25) is 0 Å². The van der Waals surface area contributed by atoms with Gasteiger partial charge < -0.3 is 15.2 Å². The molecule has 0 aliphatic carbocycles. The van der Waals surface area contributed by atoms with Crippen molar-refractivity contribution in [3.05, 3.63) is 18.0 Å². The molecular formula is C8H11N3O2. The average Bonchev–Trinajstić information content (AvgIpc) is 2.19. The van der Waals surface area contributed by atoms with Gasteiger partial charge in [-0.1, -0.05) is 0 Å². The van der Waals surface area contributed by atoms with Gasteiger partial charge in [-0.2, -0.15) is 0 Å². The van der Waals surface area contributed by atoms with Crippen LogP contribution in [0.5, 0.6) is 0 Å². The van der Waals surface area contributed by atoms with Crippen LogP contribution in [-0.4, -0.2) is 30.0 Å². The molecule has 1 aromatic heterocycles. The van der Waals surface area contributed by atoms with Gasteiger partial charge in [0, 0.05) is 12.1 Å². The molecular weight excluding hydrogens is 170 g/mol. The first-order valence-electron chi connectivity index (χ1n) is 4.10. The predicted molar refractivity (Wildman–Crippen MR) is 46.0 cm³/mol. The first kappa shape index (κ1) is 8.40. The third-order valence-corrected chi connectivity index (χ3v) is 1.92. The SMILES string of the molecule is Nc1nccc(C2COCOC2)n1. The van der Waals surface area contributed by atoms with E-state index in [1.807, 2.05) is 6.07 Å². The fraction of sp³-hybridized carbons (Fsp3) is 0.500. The van der Waals surface area contributed by atoms with E-state index in [1.165, 1.54) is 0 Å². The van der Waals surface area contributed by atoms with E-state index in [1.54, 1.807) is 6.20 Å². The monoisotopic (exact) mass is 181 g/mol. The normalized spacial score (nSPS) is 18.8. The molecule has 5 nitrogen and oxygen atoms in total. The molecule has 0 radical (unpaired) electrons. The summed E-state index contributed by atoms with van der Waals surface area (Å²) in [6, 6.07) is 1.83. The average molecular weight is 181 g/mol. The molecule has 1 aliphatic rings. The Hall–Kier alpha value is -1.20. The molecule has 1 aliphatic heterocycles. The van der Waals surface area contributed by atoms with Crippen molar-refractivity contribution in [1.29, 1.82) is 0 Å². The van der Waals surface area contributed by atoms with E-state index >= 15 is 0 Å². The van der Waals surface area contributed by atoms with Crippen LogP contribution in [0.25, 0.3) is 0 Å². The minimum Gasteiger partial charge on any atom is -0.368 e. The van der Waals surface area contributed by atoms with Crippen molar-refractivity contribution in [1.82, 2.24) is 9.97 Å². The Labute approximate surface area is 75.9 Å². The summed E-state index contributed by atoms with van der Waals surface area (Å²) < 4.78 is 10.3. The minimum absolute atomic E-state index is 0.180. The van der Waals surface area contributed by atoms with Crippen molar-refractivity contribution < 1.29 is 9.47 Å². The molecule has 0 spiro atoms. The van der Waals surface area contributed by atoms with E-state index < -0.39 is 0 Å². The number of nitrogens with zero attached hydrogens (tertiary/aromatic N) is 2. The first-order chi connectivity index (χ1) is 6.36.